The first kappa shape index (κ1) is 10.4. The molecule has 2 unspecified atom stereocenters. The van der Waals surface area contributed by atoms with E-state index in [4.69, 9.17) is 5.73 Å². The average Bonchev–Trinajstić information content (AvgIpc) is 1.99. The molecule has 1 aliphatic carbocycles. The maximum Gasteiger partial charge on any atom is 0.312 e. The first-order valence-electron chi connectivity index (χ1n) is 5.11. The molecule has 2 amide bonds. The fraction of sp³-hybridized carbons (Fsp3) is 0.900. The second kappa shape index (κ2) is 4.49. The zero-order valence-electron chi connectivity index (χ0n) is 8.55. The standard InChI is InChI=1S/C10H20N2O/c1-7-3-8(2)5-9(4-7)6-12-10(11)13/h7-9H,3-6H2,1-2H3,(H3,11,12,13). The Hall–Kier alpha value is -0.730. The van der Waals surface area contributed by atoms with Gasteiger partial charge in [-0.1, -0.05) is 13.8 Å². The maximum atomic E-state index is 10.5. The van der Waals surface area contributed by atoms with Gasteiger partial charge in [-0.3, -0.25) is 0 Å². The second-order valence-electron chi connectivity index (χ2n) is 4.53. The van der Waals surface area contributed by atoms with Crippen molar-refractivity contribution in [2.75, 3.05) is 6.54 Å². The van der Waals surface area contributed by atoms with Crippen molar-refractivity contribution in [1.82, 2.24) is 5.32 Å². The number of hydrogen-bond acceptors (Lipinski definition) is 1. The molecule has 1 fully saturated rings. The highest BCUT2D eigenvalue weighted by Gasteiger charge is 2.23. The van der Waals surface area contributed by atoms with Gasteiger partial charge in [-0.25, -0.2) is 4.79 Å². The van der Waals surface area contributed by atoms with Gasteiger partial charge in [0, 0.05) is 6.54 Å². The van der Waals surface area contributed by atoms with Crippen molar-refractivity contribution in [3.05, 3.63) is 0 Å². The number of urea groups is 1. The minimum Gasteiger partial charge on any atom is -0.352 e. The molecular weight excluding hydrogens is 164 g/mol. The largest absolute Gasteiger partial charge is 0.352 e. The number of hydrogen-bond donors (Lipinski definition) is 2. The Kier molecular flexibility index (Phi) is 3.58. The Labute approximate surface area is 80.1 Å². The molecular formula is C10H20N2O. The van der Waals surface area contributed by atoms with Crippen LogP contribution in [0, 0.1) is 17.8 Å². The van der Waals surface area contributed by atoms with Crippen LogP contribution >= 0.6 is 0 Å². The molecule has 76 valence electrons. The monoisotopic (exact) mass is 184 g/mol. The van der Waals surface area contributed by atoms with E-state index in [2.05, 4.69) is 19.2 Å². The predicted molar refractivity (Wildman–Crippen MR) is 53.3 cm³/mol. The molecule has 3 heteroatoms. The third-order valence-corrected chi connectivity index (χ3v) is 2.84. The highest BCUT2D eigenvalue weighted by Crippen LogP contribution is 2.32. The highest BCUT2D eigenvalue weighted by molar-refractivity contribution is 5.71. The summed E-state index contributed by atoms with van der Waals surface area (Å²) in [5.74, 6) is 2.22. The van der Waals surface area contributed by atoms with Crippen molar-refractivity contribution >= 4 is 6.03 Å². The van der Waals surface area contributed by atoms with Gasteiger partial charge in [-0.05, 0) is 37.0 Å². The Morgan fingerprint density at radius 3 is 2.31 bits per heavy atom. The summed E-state index contributed by atoms with van der Waals surface area (Å²) in [6.07, 6.45) is 3.78. The van der Waals surface area contributed by atoms with Gasteiger partial charge in [0.15, 0.2) is 0 Å². The van der Waals surface area contributed by atoms with E-state index >= 15 is 0 Å². The summed E-state index contributed by atoms with van der Waals surface area (Å²) in [6, 6.07) is -0.397. The number of nitrogens with one attached hydrogen (secondary N) is 1. The lowest BCUT2D eigenvalue weighted by Gasteiger charge is -2.31. The van der Waals surface area contributed by atoms with Crippen molar-refractivity contribution < 1.29 is 4.79 Å². The molecule has 13 heavy (non-hydrogen) atoms. The molecule has 0 radical (unpaired) electrons. The first-order valence-corrected chi connectivity index (χ1v) is 5.11. The lowest BCUT2D eigenvalue weighted by Crippen LogP contribution is -2.36. The van der Waals surface area contributed by atoms with Crippen LogP contribution in [0.5, 0.6) is 0 Å². The Bertz CT molecular complexity index is 172. The Balaban J connectivity index is 2.28. The van der Waals surface area contributed by atoms with Gasteiger partial charge in [-0.15, -0.1) is 0 Å². The van der Waals surface area contributed by atoms with Gasteiger partial charge in [0.1, 0.15) is 0 Å². The molecule has 0 bridgehead atoms. The van der Waals surface area contributed by atoms with E-state index < -0.39 is 6.03 Å². The summed E-state index contributed by atoms with van der Waals surface area (Å²) < 4.78 is 0. The Morgan fingerprint density at radius 1 is 1.31 bits per heavy atom. The fourth-order valence-electron chi connectivity index (χ4n) is 2.53. The second-order valence-corrected chi connectivity index (χ2v) is 4.53. The van der Waals surface area contributed by atoms with Crippen molar-refractivity contribution in [2.24, 2.45) is 23.5 Å². The van der Waals surface area contributed by atoms with Crippen LogP contribution in [0.2, 0.25) is 0 Å². The van der Waals surface area contributed by atoms with Gasteiger partial charge in [-0.2, -0.15) is 0 Å². The van der Waals surface area contributed by atoms with E-state index in [9.17, 15) is 4.79 Å². The fourth-order valence-corrected chi connectivity index (χ4v) is 2.53. The van der Waals surface area contributed by atoms with Crippen molar-refractivity contribution in [2.45, 2.75) is 33.1 Å². The van der Waals surface area contributed by atoms with E-state index in [1.165, 1.54) is 19.3 Å². The van der Waals surface area contributed by atoms with Crippen LogP contribution in [0.25, 0.3) is 0 Å². The molecule has 0 aromatic carbocycles. The summed E-state index contributed by atoms with van der Waals surface area (Å²) in [4.78, 5) is 10.5. The van der Waals surface area contributed by atoms with Crippen molar-refractivity contribution in [1.29, 1.82) is 0 Å². The molecule has 0 saturated heterocycles. The smallest absolute Gasteiger partial charge is 0.312 e. The van der Waals surface area contributed by atoms with E-state index in [-0.39, 0.29) is 0 Å². The van der Waals surface area contributed by atoms with Crippen LogP contribution in [-0.2, 0) is 0 Å². The first-order chi connectivity index (χ1) is 6.08. The SMILES string of the molecule is CC1CC(C)CC(CNC(N)=O)C1. The van der Waals surface area contributed by atoms with Gasteiger partial charge >= 0.3 is 6.03 Å². The molecule has 2 atom stereocenters. The number of carbonyl (C=O) groups is 1. The number of rotatable bonds is 2. The maximum absolute atomic E-state index is 10.5. The molecule has 0 spiro atoms. The van der Waals surface area contributed by atoms with E-state index in [1.807, 2.05) is 0 Å². The molecule has 0 aromatic rings. The normalized spacial score (nSPS) is 34.2. The van der Waals surface area contributed by atoms with Crippen molar-refractivity contribution in [3.63, 3.8) is 0 Å². The van der Waals surface area contributed by atoms with Gasteiger partial charge < -0.3 is 11.1 Å². The molecule has 0 aromatic heterocycles. The number of nitrogens with two attached hydrogens (primary N) is 1. The third-order valence-electron chi connectivity index (χ3n) is 2.84. The minimum atomic E-state index is -0.397. The van der Waals surface area contributed by atoms with E-state index in [0.717, 1.165) is 18.4 Å². The average molecular weight is 184 g/mol. The van der Waals surface area contributed by atoms with Crippen LogP contribution in [0.4, 0.5) is 4.79 Å². The van der Waals surface area contributed by atoms with Crippen LogP contribution in [-0.4, -0.2) is 12.6 Å². The summed E-state index contributed by atoms with van der Waals surface area (Å²) in [5.41, 5.74) is 5.03. The third kappa shape index (κ3) is 3.66. The molecule has 3 N–H and O–H groups in total. The molecule has 1 aliphatic rings. The molecule has 1 saturated carbocycles. The molecule has 0 heterocycles. The number of amides is 2. The van der Waals surface area contributed by atoms with Crippen molar-refractivity contribution in [3.8, 4) is 0 Å². The zero-order valence-corrected chi connectivity index (χ0v) is 8.55. The van der Waals surface area contributed by atoms with Crippen LogP contribution < -0.4 is 11.1 Å². The van der Waals surface area contributed by atoms with Crippen LogP contribution in [0.1, 0.15) is 33.1 Å². The minimum absolute atomic E-state index is 0.397. The lowest BCUT2D eigenvalue weighted by atomic mass is 9.77. The summed E-state index contributed by atoms with van der Waals surface area (Å²) in [7, 11) is 0. The molecule has 1 rings (SSSR count). The summed E-state index contributed by atoms with van der Waals surface area (Å²) in [5, 5.41) is 2.70. The molecule has 0 aliphatic heterocycles. The lowest BCUT2D eigenvalue weighted by molar-refractivity contribution is 0.210. The van der Waals surface area contributed by atoms with Crippen LogP contribution in [0.3, 0.4) is 0 Å². The van der Waals surface area contributed by atoms with E-state index in [1.54, 1.807) is 0 Å². The zero-order chi connectivity index (χ0) is 9.84. The van der Waals surface area contributed by atoms with Crippen LogP contribution in [0.15, 0.2) is 0 Å². The number of carbonyl (C=O) groups excluding carboxylic acids is 1. The summed E-state index contributed by atoms with van der Waals surface area (Å²) in [6.45, 7) is 5.32. The van der Waals surface area contributed by atoms with Gasteiger partial charge in [0.05, 0.1) is 0 Å². The van der Waals surface area contributed by atoms with Gasteiger partial charge in [0.25, 0.3) is 0 Å². The molecule has 3 nitrogen and oxygen atoms in total. The summed E-state index contributed by atoms with van der Waals surface area (Å²) >= 11 is 0. The number of primary amides is 1. The quantitative estimate of drug-likeness (QED) is 0.674. The van der Waals surface area contributed by atoms with Gasteiger partial charge in [0.2, 0.25) is 0 Å². The topological polar surface area (TPSA) is 55.1 Å². The predicted octanol–water partition coefficient (Wildman–Crippen LogP) is 1.73. The highest BCUT2D eigenvalue weighted by atomic mass is 16.2. The van der Waals surface area contributed by atoms with E-state index in [0.29, 0.717) is 5.92 Å². The Morgan fingerprint density at radius 2 is 1.85 bits per heavy atom.